The Morgan fingerprint density at radius 1 is 0.452 bits per heavy atom. The molecule has 0 aromatic carbocycles. The van der Waals surface area contributed by atoms with Gasteiger partial charge in [-0.3, -0.25) is 14.4 Å². The summed E-state index contributed by atoms with van der Waals surface area (Å²) in [5.74, 6) is -3.12. The topological polar surface area (TPSA) is 175 Å². The van der Waals surface area contributed by atoms with E-state index in [0.29, 0.717) is 19.3 Å². The lowest BCUT2D eigenvalue weighted by Gasteiger charge is -2.40. The molecule has 6 unspecified atom stereocenters. The summed E-state index contributed by atoms with van der Waals surface area (Å²) in [6.45, 7) is 5.94. The van der Waals surface area contributed by atoms with Gasteiger partial charge in [0.15, 0.2) is 24.6 Å². The number of aliphatic carboxylic acids is 1. The third kappa shape index (κ3) is 39.9. The van der Waals surface area contributed by atoms with Crippen molar-refractivity contribution < 1.29 is 58.2 Å². The van der Waals surface area contributed by atoms with E-state index in [9.17, 15) is 34.5 Å². The van der Waals surface area contributed by atoms with Gasteiger partial charge in [-0.15, -0.1) is 0 Å². The van der Waals surface area contributed by atoms with Gasteiger partial charge in [-0.05, 0) is 77.0 Å². The highest BCUT2D eigenvalue weighted by atomic mass is 16.7. The van der Waals surface area contributed by atoms with Gasteiger partial charge in [0.2, 0.25) is 0 Å². The minimum atomic E-state index is -1.90. The summed E-state index contributed by atoms with van der Waals surface area (Å²) in [7, 11) is 0. The van der Waals surface area contributed by atoms with Crippen molar-refractivity contribution in [2.75, 3.05) is 13.2 Å². The number of carbonyl (C=O) groups excluding carboxylic acids is 3. The fourth-order valence-corrected chi connectivity index (χ4v) is 9.04. The molecule has 424 valence electrons. The number of esters is 3. The highest BCUT2D eigenvalue weighted by molar-refractivity contribution is 5.74. The van der Waals surface area contributed by atoms with E-state index in [0.717, 1.165) is 96.3 Å². The molecule has 73 heavy (non-hydrogen) atoms. The molecule has 12 nitrogen and oxygen atoms in total. The van der Waals surface area contributed by atoms with Gasteiger partial charge in [-0.1, -0.05) is 218 Å². The SMILES string of the molecule is CCCCC/C=C\C/C=C\CCCCCCCCCCCC(=O)OCC(COC1OC(C(=O)O)C(O)C(O)C1OC(=O)CCCCCCCCCCC)OC(=O)CCCCCCC/C=C\CCCCCCCC. The summed E-state index contributed by atoms with van der Waals surface area (Å²) >= 11 is 0. The highest BCUT2D eigenvalue weighted by Crippen LogP contribution is 2.26. The number of aliphatic hydroxyl groups is 2. The maximum atomic E-state index is 13.1. The molecule has 0 aromatic heterocycles. The van der Waals surface area contributed by atoms with Crippen molar-refractivity contribution in [3.8, 4) is 0 Å². The molecule has 1 aliphatic heterocycles. The lowest BCUT2D eigenvalue weighted by Crippen LogP contribution is -2.61. The zero-order chi connectivity index (χ0) is 53.3. The van der Waals surface area contributed by atoms with Crippen LogP contribution in [0.25, 0.3) is 0 Å². The van der Waals surface area contributed by atoms with Gasteiger partial charge in [0.25, 0.3) is 0 Å². The van der Waals surface area contributed by atoms with Gasteiger partial charge in [0.05, 0.1) is 6.61 Å². The first-order valence-corrected chi connectivity index (χ1v) is 30.0. The van der Waals surface area contributed by atoms with Crippen molar-refractivity contribution in [1.29, 1.82) is 0 Å². The Bertz CT molecular complexity index is 1410. The zero-order valence-electron chi connectivity index (χ0n) is 46.6. The van der Waals surface area contributed by atoms with E-state index in [2.05, 4.69) is 57.2 Å². The van der Waals surface area contributed by atoms with Crippen molar-refractivity contribution in [2.45, 2.75) is 314 Å². The van der Waals surface area contributed by atoms with Crippen molar-refractivity contribution >= 4 is 23.9 Å². The van der Waals surface area contributed by atoms with Crippen LogP contribution in [0.3, 0.4) is 0 Å². The van der Waals surface area contributed by atoms with Crippen LogP contribution in [0.4, 0.5) is 0 Å². The first-order valence-electron chi connectivity index (χ1n) is 30.0. The van der Waals surface area contributed by atoms with Crippen LogP contribution in [0, 0.1) is 0 Å². The average molecular weight is 1030 g/mol. The number of unbranched alkanes of at least 4 members (excludes halogenated alkanes) is 31. The van der Waals surface area contributed by atoms with Crippen LogP contribution >= 0.6 is 0 Å². The van der Waals surface area contributed by atoms with Crippen molar-refractivity contribution in [3.05, 3.63) is 36.5 Å². The Kier molecular flexibility index (Phi) is 46.4. The van der Waals surface area contributed by atoms with E-state index >= 15 is 0 Å². The molecule has 0 saturated carbocycles. The molecule has 0 bridgehead atoms. The second-order valence-electron chi connectivity index (χ2n) is 20.6. The van der Waals surface area contributed by atoms with E-state index in [1.54, 1.807) is 0 Å². The molecule has 6 atom stereocenters. The Morgan fingerprint density at radius 3 is 1.27 bits per heavy atom. The van der Waals surface area contributed by atoms with Crippen molar-refractivity contribution in [2.24, 2.45) is 0 Å². The predicted molar refractivity (Wildman–Crippen MR) is 294 cm³/mol. The Balaban J connectivity index is 2.65. The van der Waals surface area contributed by atoms with Crippen LogP contribution in [-0.2, 0) is 42.9 Å². The third-order valence-electron chi connectivity index (χ3n) is 13.7. The quantitative estimate of drug-likeness (QED) is 0.0228. The summed E-state index contributed by atoms with van der Waals surface area (Å²) in [4.78, 5) is 51.0. The van der Waals surface area contributed by atoms with Crippen LogP contribution < -0.4 is 0 Å². The standard InChI is InChI=1S/C61H108O12/c1-4-7-10-13-16-19-21-23-25-26-27-28-30-31-33-36-38-41-44-47-53(62)69-50-52(71-54(63)48-45-42-40-37-34-32-29-24-22-20-17-14-11-8-5-2)51-70-61-59(57(66)56(65)58(73-61)60(67)68)72-55(64)49-46-43-39-35-18-15-12-9-6-3/h16,19,23-25,29,52,56-59,61,65-66H,4-15,17-18,20-22,26-28,30-51H2,1-3H3,(H,67,68)/b19-16-,25-23-,29-24-. The van der Waals surface area contributed by atoms with E-state index in [1.165, 1.54) is 122 Å². The van der Waals surface area contributed by atoms with E-state index in [4.69, 9.17) is 23.7 Å². The molecule has 0 radical (unpaired) electrons. The minimum absolute atomic E-state index is 0.0625. The van der Waals surface area contributed by atoms with Gasteiger partial charge in [-0.25, -0.2) is 4.79 Å². The lowest BCUT2D eigenvalue weighted by molar-refractivity contribution is -0.301. The number of allylic oxidation sites excluding steroid dienone is 6. The Hall–Kier alpha value is -3.06. The molecule has 0 aromatic rings. The van der Waals surface area contributed by atoms with Crippen LogP contribution in [0.5, 0.6) is 0 Å². The van der Waals surface area contributed by atoms with Gasteiger partial charge in [-0.2, -0.15) is 0 Å². The summed E-state index contributed by atoms with van der Waals surface area (Å²) in [5, 5.41) is 31.4. The molecule has 1 heterocycles. The Morgan fingerprint density at radius 2 is 0.822 bits per heavy atom. The molecule has 0 spiro atoms. The molecule has 3 N–H and O–H groups in total. The van der Waals surface area contributed by atoms with Crippen molar-refractivity contribution in [1.82, 2.24) is 0 Å². The van der Waals surface area contributed by atoms with Crippen molar-refractivity contribution in [3.63, 3.8) is 0 Å². The smallest absolute Gasteiger partial charge is 0.335 e. The molecule has 1 aliphatic rings. The number of hydrogen-bond acceptors (Lipinski definition) is 11. The maximum absolute atomic E-state index is 13.1. The molecule has 0 aliphatic carbocycles. The highest BCUT2D eigenvalue weighted by Gasteiger charge is 2.50. The number of carbonyl (C=O) groups is 4. The average Bonchev–Trinajstić information content (AvgIpc) is 3.37. The van der Waals surface area contributed by atoms with Crippen LogP contribution in [0.2, 0.25) is 0 Å². The molecular weight excluding hydrogens is 925 g/mol. The predicted octanol–water partition coefficient (Wildman–Crippen LogP) is 15.2. The van der Waals surface area contributed by atoms with Crippen LogP contribution in [0.1, 0.15) is 278 Å². The number of ether oxygens (including phenoxy) is 5. The second-order valence-corrected chi connectivity index (χ2v) is 20.6. The zero-order valence-corrected chi connectivity index (χ0v) is 46.6. The molecular formula is C61H108O12. The van der Waals surface area contributed by atoms with Gasteiger partial charge < -0.3 is 39.0 Å². The first kappa shape index (κ1) is 68.0. The number of rotatable bonds is 51. The maximum Gasteiger partial charge on any atom is 0.335 e. The van der Waals surface area contributed by atoms with Crippen LogP contribution in [-0.4, -0.2) is 89.2 Å². The summed E-state index contributed by atoms with van der Waals surface area (Å²) in [6.07, 6.45) is 45.6. The van der Waals surface area contributed by atoms with E-state index in [1.807, 2.05) is 0 Å². The molecule has 1 fully saturated rings. The third-order valence-corrected chi connectivity index (χ3v) is 13.7. The number of hydrogen-bond donors (Lipinski definition) is 3. The molecule has 0 amide bonds. The summed E-state index contributed by atoms with van der Waals surface area (Å²) in [5.41, 5.74) is 0. The van der Waals surface area contributed by atoms with Gasteiger partial charge in [0, 0.05) is 19.3 Å². The van der Waals surface area contributed by atoms with E-state index in [-0.39, 0.29) is 25.9 Å². The summed E-state index contributed by atoms with van der Waals surface area (Å²) < 4.78 is 28.4. The van der Waals surface area contributed by atoms with Gasteiger partial charge in [0.1, 0.15) is 18.8 Å². The molecule has 1 saturated heterocycles. The van der Waals surface area contributed by atoms with Crippen LogP contribution in [0.15, 0.2) is 36.5 Å². The normalized spacial score (nSPS) is 18.5. The minimum Gasteiger partial charge on any atom is -0.479 e. The first-order chi connectivity index (χ1) is 35.6. The fraction of sp³-hybridized carbons (Fsp3) is 0.836. The lowest BCUT2D eigenvalue weighted by atomic mass is 9.98. The van der Waals surface area contributed by atoms with Gasteiger partial charge >= 0.3 is 23.9 Å². The second kappa shape index (κ2) is 49.8. The fourth-order valence-electron chi connectivity index (χ4n) is 9.04. The Labute approximate surface area is 444 Å². The molecule has 1 rings (SSSR count). The number of aliphatic hydroxyl groups excluding tert-OH is 2. The largest absolute Gasteiger partial charge is 0.479 e. The summed E-state index contributed by atoms with van der Waals surface area (Å²) in [6, 6.07) is 0. The monoisotopic (exact) mass is 1030 g/mol. The number of carboxylic acids is 1. The van der Waals surface area contributed by atoms with E-state index < -0.39 is 67.3 Å². The number of carboxylic acid groups (broad SMARTS) is 1. The molecule has 12 heteroatoms.